The van der Waals surface area contributed by atoms with E-state index >= 15 is 0 Å². The van der Waals surface area contributed by atoms with E-state index in [9.17, 15) is 0 Å². The minimum absolute atomic E-state index is 0.542. The molecule has 0 bridgehead atoms. The Bertz CT molecular complexity index is 365. The summed E-state index contributed by atoms with van der Waals surface area (Å²) in [6.45, 7) is 6.20. The number of rotatable bonds is 3. The maximum atomic E-state index is 5.78. The summed E-state index contributed by atoms with van der Waals surface area (Å²) in [6.07, 6.45) is 1.09. The number of halogens is 1. The molecule has 1 aliphatic heterocycles. The van der Waals surface area contributed by atoms with Gasteiger partial charge in [0.05, 0.1) is 6.61 Å². The first-order chi connectivity index (χ1) is 7.66. The minimum Gasteiger partial charge on any atom is -0.493 e. The standard InChI is InChI=1S/C13H18BrNO/c1-9(2)15-7-10-6-11-12(14)4-3-5-13(11)16-8-10/h3-5,9-10,15H,6-8H2,1-2H3. The van der Waals surface area contributed by atoms with Gasteiger partial charge in [0.25, 0.3) is 0 Å². The summed E-state index contributed by atoms with van der Waals surface area (Å²) in [5.74, 6) is 1.61. The lowest BCUT2D eigenvalue weighted by Gasteiger charge is -2.27. The van der Waals surface area contributed by atoms with Crippen molar-refractivity contribution in [2.45, 2.75) is 26.3 Å². The molecule has 2 nitrogen and oxygen atoms in total. The Morgan fingerprint density at radius 3 is 3.06 bits per heavy atom. The predicted octanol–water partition coefficient (Wildman–Crippen LogP) is 3.00. The van der Waals surface area contributed by atoms with E-state index in [1.54, 1.807) is 0 Å². The summed E-state index contributed by atoms with van der Waals surface area (Å²) in [5.41, 5.74) is 1.31. The zero-order valence-electron chi connectivity index (χ0n) is 9.79. The van der Waals surface area contributed by atoms with Gasteiger partial charge in [0.2, 0.25) is 0 Å². The van der Waals surface area contributed by atoms with Crippen molar-refractivity contribution in [3.05, 3.63) is 28.2 Å². The zero-order chi connectivity index (χ0) is 11.5. The second-order valence-corrected chi connectivity index (χ2v) is 5.51. The first-order valence-electron chi connectivity index (χ1n) is 5.80. The Morgan fingerprint density at radius 2 is 2.31 bits per heavy atom. The number of nitrogens with one attached hydrogen (secondary N) is 1. The van der Waals surface area contributed by atoms with Crippen molar-refractivity contribution in [3.8, 4) is 5.75 Å². The summed E-state index contributed by atoms with van der Waals surface area (Å²) in [4.78, 5) is 0. The molecule has 0 radical (unpaired) electrons. The molecule has 1 aliphatic rings. The average molecular weight is 284 g/mol. The summed E-state index contributed by atoms with van der Waals surface area (Å²) in [6, 6.07) is 6.70. The highest BCUT2D eigenvalue weighted by Crippen LogP contribution is 2.32. The first kappa shape index (κ1) is 11.9. The molecular formula is C13H18BrNO. The van der Waals surface area contributed by atoms with Crippen LogP contribution >= 0.6 is 15.9 Å². The topological polar surface area (TPSA) is 21.3 Å². The van der Waals surface area contributed by atoms with Crippen molar-refractivity contribution in [1.82, 2.24) is 5.32 Å². The van der Waals surface area contributed by atoms with Gasteiger partial charge in [0.15, 0.2) is 0 Å². The van der Waals surface area contributed by atoms with Crippen molar-refractivity contribution in [3.63, 3.8) is 0 Å². The molecule has 1 N–H and O–H groups in total. The largest absolute Gasteiger partial charge is 0.493 e. The third-order valence-electron chi connectivity index (χ3n) is 2.86. The Balaban J connectivity index is 2.03. The van der Waals surface area contributed by atoms with Crippen molar-refractivity contribution in [2.24, 2.45) is 5.92 Å². The van der Waals surface area contributed by atoms with Crippen LogP contribution in [0, 0.1) is 5.92 Å². The lowest BCUT2D eigenvalue weighted by molar-refractivity contribution is 0.215. The highest BCUT2D eigenvalue weighted by atomic mass is 79.9. The molecule has 16 heavy (non-hydrogen) atoms. The monoisotopic (exact) mass is 283 g/mol. The van der Waals surface area contributed by atoms with Crippen LogP contribution in [0.2, 0.25) is 0 Å². The molecule has 0 aromatic heterocycles. The van der Waals surface area contributed by atoms with Crippen LogP contribution in [-0.4, -0.2) is 19.2 Å². The molecule has 0 fully saturated rings. The fraction of sp³-hybridized carbons (Fsp3) is 0.538. The van der Waals surface area contributed by atoms with E-state index < -0.39 is 0 Å². The molecular weight excluding hydrogens is 266 g/mol. The van der Waals surface area contributed by atoms with Gasteiger partial charge in [0.1, 0.15) is 5.75 Å². The number of hydrogen-bond donors (Lipinski definition) is 1. The molecule has 0 saturated heterocycles. The van der Waals surface area contributed by atoms with Gasteiger partial charge in [-0.05, 0) is 18.6 Å². The molecule has 2 rings (SSSR count). The third kappa shape index (κ3) is 2.77. The van der Waals surface area contributed by atoms with E-state index in [1.807, 2.05) is 12.1 Å². The van der Waals surface area contributed by atoms with Gasteiger partial charge in [-0.1, -0.05) is 35.8 Å². The molecule has 0 amide bonds. The lowest BCUT2D eigenvalue weighted by Crippen LogP contribution is -2.34. The van der Waals surface area contributed by atoms with Crippen molar-refractivity contribution >= 4 is 15.9 Å². The van der Waals surface area contributed by atoms with E-state index in [-0.39, 0.29) is 0 Å². The van der Waals surface area contributed by atoms with Crippen LogP contribution in [0.25, 0.3) is 0 Å². The fourth-order valence-electron chi connectivity index (χ4n) is 1.96. The molecule has 1 atom stereocenters. The Labute approximate surface area is 106 Å². The maximum Gasteiger partial charge on any atom is 0.123 e. The smallest absolute Gasteiger partial charge is 0.123 e. The van der Waals surface area contributed by atoms with E-state index in [0.29, 0.717) is 12.0 Å². The van der Waals surface area contributed by atoms with Crippen LogP contribution in [0.1, 0.15) is 19.4 Å². The molecule has 0 spiro atoms. The number of ether oxygens (including phenoxy) is 1. The third-order valence-corrected chi connectivity index (χ3v) is 3.60. The van der Waals surface area contributed by atoms with Gasteiger partial charge < -0.3 is 10.1 Å². The van der Waals surface area contributed by atoms with Crippen LogP contribution in [0.5, 0.6) is 5.75 Å². The van der Waals surface area contributed by atoms with Crippen molar-refractivity contribution < 1.29 is 4.74 Å². The average Bonchev–Trinajstić information content (AvgIpc) is 2.27. The van der Waals surface area contributed by atoms with Crippen LogP contribution in [0.4, 0.5) is 0 Å². The second-order valence-electron chi connectivity index (χ2n) is 4.66. The molecule has 3 heteroatoms. The van der Waals surface area contributed by atoms with Gasteiger partial charge in [0, 0.05) is 28.5 Å². The summed E-state index contributed by atoms with van der Waals surface area (Å²) >= 11 is 3.59. The van der Waals surface area contributed by atoms with Crippen LogP contribution in [-0.2, 0) is 6.42 Å². The van der Waals surface area contributed by atoms with Gasteiger partial charge in [-0.3, -0.25) is 0 Å². The molecule has 0 aliphatic carbocycles. The zero-order valence-corrected chi connectivity index (χ0v) is 11.4. The fourth-order valence-corrected chi connectivity index (χ4v) is 2.47. The molecule has 88 valence electrons. The van der Waals surface area contributed by atoms with Gasteiger partial charge in [-0.2, -0.15) is 0 Å². The van der Waals surface area contributed by atoms with E-state index in [2.05, 4.69) is 41.2 Å². The molecule has 1 aromatic rings. The molecule has 1 unspecified atom stereocenters. The number of hydrogen-bond acceptors (Lipinski definition) is 2. The minimum atomic E-state index is 0.542. The predicted molar refractivity (Wildman–Crippen MR) is 70.0 cm³/mol. The van der Waals surface area contributed by atoms with E-state index in [0.717, 1.165) is 25.3 Å². The second kappa shape index (κ2) is 5.19. The van der Waals surface area contributed by atoms with Crippen LogP contribution < -0.4 is 10.1 Å². The Kier molecular flexibility index (Phi) is 3.87. The highest BCUT2D eigenvalue weighted by Gasteiger charge is 2.21. The van der Waals surface area contributed by atoms with E-state index in [1.165, 1.54) is 10.0 Å². The molecule has 0 saturated carbocycles. The molecule has 1 heterocycles. The summed E-state index contributed by atoms with van der Waals surface area (Å²) in [7, 11) is 0. The summed E-state index contributed by atoms with van der Waals surface area (Å²) < 4.78 is 6.95. The van der Waals surface area contributed by atoms with Gasteiger partial charge >= 0.3 is 0 Å². The SMILES string of the molecule is CC(C)NCC1COc2cccc(Br)c2C1. The highest BCUT2D eigenvalue weighted by molar-refractivity contribution is 9.10. The Morgan fingerprint density at radius 1 is 1.50 bits per heavy atom. The first-order valence-corrected chi connectivity index (χ1v) is 6.59. The van der Waals surface area contributed by atoms with Crippen molar-refractivity contribution in [1.29, 1.82) is 0 Å². The number of fused-ring (bicyclic) bond motifs is 1. The van der Waals surface area contributed by atoms with Crippen LogP contribution in [0.3, 0.4) is 0 Å². The van der Waals surface area contributed by atoms with E-state index in [4.69, 9.17) is 4.74 Å². The lowest BCUT2D eigenvalue weighted by atomic mass is 9.96. The normalized spacial score (nSPS) is 19.4. The number of benzene rings is 1. The molecule has 1 aromatic carbocycles. The Hall–Kier alpha value is -0.540. The quantitative estimate of drug-likeness (QED) is 0.921. The van der Waals surface area contributed by atoms with Gasteiger partial charge in [-0.25, -0.2) is 0 Å². The van der Waals surface area contributed by atoms with Gasteiger partial charge in [-0.15, -0.1) is 0 Å². The maximum absolute atomic E-state index is 5.78. The summed E-state index contributed by atoms with van der Waals surface area (Å²) in [5, 5.41) is 3.47. The van der Waals surface area contributed by atoms with Crippen molar-refractivity contribution in [2.75, 3.05) is 13.2 Å². The van der Waals surface area contributed by atoms with Crippen LogP contribution in [0.15, 0.2) is 22.7 Å².